The van der Waals surface area contributed by atoms with E-state index in [4.69, 9.17) is 11.6 Å². The molecule has 1 aromatic carbocycles. The van der Waals surface area contributed by atoms with E-state index in [1.807, 2.05) is 0 Å². The van der Waals surface area contributed by atoms with Gasteiger partial charge in [-0.2, -0.15) is 13.2 Å². The van der Waals surface area contributed by atoms with Gasteiger partial charge in [-0.05, 0) is 43.1 Å². The van der Waals surface area contributed by atoms with E-state index < -0.39 is 11.7 Å². The van der Waals surface area contributed by atoms with Crippen molar-refractivity contribution in [1.82, 2.24) is 5.32 Å². The molecule has 0 spiro atoms. The summed E-state index contributed by atoms with van der Waals surface area (Å²) < 4.78 is 38.2. The lowest BCUT2D eigenvalue weighted by Crippen LogP contribution is -2.43. The monoisotopic (exact) mass is 249 g/mol. The zero-order chi connectivity index (χ0) is 11.8. The predicted octanol–water partition coefficient (Wildman–Crippen LogP) is 3.12. The average Bonchev–Trinajstić information content (AvgIpc) is 2.11. The minimum absolute atomic E-state index is 0.128. The molecule has 88 valence electrons. The van der Waals surface area contributed by atoms with Crippen LogP contribution in [-0.2, 0) is 12.6 Å². The van der Waals surface area contributed by atoms with Gasteiger partial charge in [-0.15, -0.1) is 0 Å². The summed E-state index contributed by atoms with van der Waals surface area (Å²) in [4.78, 5) is 0. The van der Waals surface area contributed by atoms with Crippen LogP contribution in [0.3, 0.4) is 0 Å². The Balaban J connectivity index is 2.28. The van der Waals surface area contributed by atoms with E-state index in [0.29, 0.717) is 17.9 Å². The fourth-order valence-corrected chi connectivity index (χ4v) is 1.97. The van der Waals surface area contributed by atoms with Crippen molar-refractivity contribution in [2.24, 2.45) is 5.92 Å². The lowest BCUT2D eigenvalue weighted by molar-refractivity contribution is -0.138. The van der Waals surface area contributed by atoms with Crippen LogP contribution in [0.2, 0.25) is 5.02 Å². The van der Waals surface area contributed by atoms with Crippen molar-refractivity contribution in [3.05, 3.63) is 34.3 Å². The predicted molar refractivity (Wildman–Crippen MR) is 56.5 cm³/mol. The molecule has 1 heterocycles. The van der Waals surface area contributed by atoms with Gasteiger partial charge in [-0.1, -0.05) is 17.7 Å². The molecule has 2 rings (SSSR count). The van der Waals surface area contributed by atoms with Crippen molar-refractivity contribution < 1.29 is 13.2 Å². The van der Waals surface area contributed by atoms with Gasteiger partial charge in [-0.3, -0.25) is 0 Å². The summed E-state index contributed by atoms with van der Waals surface area (Å²) in [5, 5.41) is 3.17. The molecule has 5 heteroatoms. The molecular formula is C11H11ClF3N. The van der Waals surface area contributed by atoms with E-state index in [2.05, 4.69) is 5.32 Å². The molecule has 0 saturated carbocycles. The van der Waals surface area contributed by atoms with E-state index in [9.17, 15) is 13.2 Å². The fourth-order valence-electron chi connectivity index (χ4n) is 1.79. The van der Waals surface area contributed by atoms with Gasteiger partial charge in [0.1, 0.15) is 0 Å². The number of nitrogens with one attached hydrogen (secondary N) is 1. The van der Waals surface area contributed by atoms with Gasteiger partial charge in [-0.25, -0.2) is 0 Å². The topological polar surface area (TPSA) is 12.0 Å². The summed E-state index contributed by atoms with van der Waals surface area (Å²) in [6.07, 6.45) is -3.86. The Hall–Kier alpha value is -0.740. The van der Waals surface area contributed by atoms with E-state index in [-0.39, 0.29) is 5.02 Å². The van der Waals surface area contributed by atoms with Crippen molar-refractivity contribution in [2.45, 2.75) is 12.6 Å². The first kappa shape index (κ1) is 11.7. The average molecular weight is 250 g/mol. The van der Waals surface area contributed by atoms with Crippen molar-refractivity contribution in [2.75, 3.05) is 13.1 Å². The highest BCUT2D eigenvalue weighted by atomic mass is 35.5. The van der Waals surface area contributed by atoms with Crippen LogP contribution in [-0.4, -0.2) is 13.1 Å². The highest BCUT2D eigenvalue weighted by Crippen LogP contribution is 2.35. The molecule has 0 bridgehead atoms. The molecule has 1 aliphatic rings. The number of benzene rings is 1. The molecule has 0 amide bonds. The van der Waals surface area contributed by atoms with Gasteiger partial charge in [0.05, 0.1) is 5.56 Å². The normalized spacial score (nSPS) is 17.2. The molecule has 0 unspecified atom stereocenters. The lowest BCUT2D eigenvalue weighted by Gasteiger charge is -2.28. The molecule has 0 aliphatic carbocycles. The van der Waals surface area contributed by atoms with Crippen LogP contribution in [0.1, 0.15) is 11.1 Å². The molecule has 16 heavy (non-hydrogen) atoms. The van der Waals surface area contributed by atoms with Crippen LogP contribution in [0.15, 0.2) is 18.2 Å². The number of hydrogen-bond donors (Lipinski definition) is 1. The third-order valence-corrected chi connectivity index (χ3v) is 2.99. The summed E-state index contributed by atoms with van der Waals surface area (Å²) in [5.41, 5.74) is -0.268. The van der Waals surface area contributed by atoms with Gasteiger partial charge in [0, 0.05) is 5.02 Å². The van der Waals surface area contributed by atoms with E-state index in [1.54, 1.807) is 0 Å². The third kappa shape index (κ3) is 2.50. The molecule has 0 radical (unpaired) electrons. The van der Waals surface area contributed by atoms with Crippen molar-refractivity contribution in [1.29, 1.82) is 0 Å². The molecular weight excluding hydrogens is 239 g/mol. The Kier molecular flexibility index (Phi) is 3.13. The fraction of sp³-hybridized carbons (Fsp3) is 0.455. The lowest BCUT2D eigenvalue weighted by atomic mass is 9.91. The maximum absolute atomic E-state index is 12.7. The standard InChI is InChI=1S/C11H11ClF3N/c12-9-2-1-8(3-7-5-16-6-7)10(4-9)11(13,14)15/h1-2,4,7,16H,3,5-6H2. The Morgan fingerprint density at radius 2 is 2.00 bits per heavy atom. The van der Waals surface area contributed by atoms with Gasteiger partial charge >= 0.3 is 6.18 Å². The van der Waals surface area contributed by atoms with Crippen LogP contribution in [0.4, 0.5) is 13.2 Å². The quantitative estimate of drug-likeness (QED) is 0.849. The van der Waals surface area contributed by atoms with Crippen molar-refractivity contribution in [3.8, 4) is 0 Å². The molecule has 0 atom stereocenters. The zero-order valence-corrected chi connectivity index (χ0v) is 9.20. The maximum atomic E-state index is 12.7. The van der Waals surface area contributed by atoms with Gasteiger partial charge in [0.2, 0.25) is 0 Å². The van der Waals surface area contributed by atoms with Crippen LogP contribution in [0, 0.1) is 5.92 Å². The SMILES string of the molecule is FC(F)(F)c1cc(Cl)ccc1CC1CNC1. The Morgan fingerprint density at radius 1 is 1.31 bits per heavy atom. The summed E-state index contributed by atoms with van der Waals surface area (Å²) in [6, 6.07) is 3.99. The van der Waals surface area contributed by atoms with Crippen molar-refractivity contribution in [3.63, 3.8) is 0 Å². The molecule has 1 aliphatic heterocycles. The molecule has 1 fully saturated rings. The first-order valence-electron chi connectivity index (χ1n) is 5.03. The minimum Gasteiger partial charge on any atom is -0.316 e. The second-order valence-corrected chi connectivity index (χ2v) is 4.46. The summed E-state index contributed by atoms with van der Waals surface area (Å²) in [5.74, 6) is 0.308. The highest BCUT2D eigenvalue weighted by Gasteiger charge is 2.34. The van der Waals surface area contributed by atoms with E-state index >= 15 is 0 Å². The largest absolute Gasteiger partial charge is 0.416 e. The van der Waals surface area contributed by atoms with Gasteiger partial charge < -0.3 is 5.32 Å². The van der Waals surface area contributed by atoms with Crippen LogP contribution < -0.4 is 5.32 Å². The van der Waals surface area contributed by atoms with Gasteiger partial charge in [0.25, 0.3) is 0 Å². The van der Waals surface area contributed by atoms with Crippen molar-refractivity contribution >= 4 is 11.6 Å². The van der Waals surface area contributed by atoms with E-state index in [0.717, 1.165) is 19.2 Å². The first-order chi connectivity index (χ1) is 7.47. The Morgan fingerprint density at radius 3 is 2.50 bits per heavy atom. The first-order valence-corrected chi connectivity index (χ1v) is 5.41. The smallest absolute Gasteiger partial charge is 0.316 e. The van der Waals surface area contributed by atoms with Crippen LogP contribution in [0.5, 0.6) is 0 Å². The number of alkyl halides is 3. The molecule has 1 saturated heterocycles. The maximum Gasteiger partial charge on any atom is 0.416 e. The van der Waals surface area contributed by atoms with Crippen LogP contribution in [0.25, 0.3) is 0 Å². The third-order valence-electron chi connectivity index (χ3n) is 2.75. The zero-order valence-electron chi connectivity index (χ0n) is 8.44. The molecule has 0 aromatic heterocycles. The Bertz CT molecular complexity index is 385. The minimum atomic E-state index is -4.32. The molecule has 1 aromatic rings. The Labute approximate surface area is 96.6 Å². The molecule has 1 N–H and O–H groups in total. The number of halogens is 4. The highest BCUT2D eigenvalue weighted by molar-refractivity contribution is 6.30. The van der Waals surface area contributed by atoms with E-state index in [1.165, 1.54) is 12.1 Å². The second kappa shape index (κ2) is 4.26. The summed E-state index contributed by atoms with van der Waals surface area (Å²) in [7, 11) is 0. The number of hydrogen-bond acceptors (Lipinski definition) is 1. The molecule has 1 nitrogen and oxygen atoms in total. The summed E-state index contributed by atoms with van der Waals surface area (Å²) in [6.45, 7) is 1.58. The summed E-state index contributed by atoms with van der Waals surface area (Å²) >= 11 is 5.59. The second-order valence-electron chi connectivity index (χ2n) is 4.03. The van der Waals surface area contributed by atoms with Gasteiger partial charge in [0.15, 0.2) is 0 Å². The van der Waals surface area contributed by atoms with Crippen LogP contribution >= 0.6 is 11.6 Å². The number of rotatable bonds is 2.